The highest BCUT2D eigenvalue weighted by atomic mass is 16.4. The van der Waals surface area contributed by atoms with Gasteiger partial charge in [0.2, 0.25) is 12.3 Å². The molecule has 10 heteroatoms. The van der Waals surface area contributed by atoms with Gasteiger partial charge in [-0.25, -0.2) is 4.79 Å². The monoisotopic (exact) mass is 400 g/mol. The molecule has 1 atom stereocenters. The summed E-state index contributed by atoms with van der Waals surface area (Å²) >= 11 is 0. The highest BCUT2D eigenvalue weighted by molar-refractivity contribution is 6.03. The third kappa shape index (κ3) is 4.61. The van der Waals surface area contributed by atoms with E-state index < -0.39 is 23.9 Å². The van der Waals surface area contributed by atoms with Gasteiger partial charge in [0.25, 0.3) is 0 Å². The third-order valence-electron chi connectivity index (χ3n) is 4.75. The van der Waals surface area contributed by atoms with Crippen LogP contribution in [0.2, 0.25) is 0 Å². The van der Waals surface area contributed by atoms with Crippen LogP contribution < -0.4 is 5.32 Å². The van der Waals surface area contributed by atoms with Crippen molar-refractivity contribution >= 4 is 40.8 Å². The number of hydrogen-bond donors (Lipinski definition) is 4. The maximum Gasteiger partial charge on any atom is 0.328 e. The van der Waals surface area contributed by atoms with E-state index in [0.717, 1.165) is 18.6 Å². The molecule has 0 unspecified atom stereocenters. The van der Waals surface area contributed by atoms with Crippen LogP contribution in [-0.4, -0.2) is 75.4 Å². The van der Waals surface area contributed by atoms with E-state index in [9.17, 15) is 24.3 Å². The van der Waals surface area contributed by atoms with Gasteiger partial charge in [-0.15, -0.1) is 0 Å². The Morgan fingerprint density at radius 3 is 2.45 bits per heavy atom. The number of carbonyl (C=O) groups excluding carboxylic acids is 2. The fourth-order valence-corrected chi connectivity index (χ4v) is 3.37. The first kappa shape index (κ1) is 20.1. The summed E-state index contributed by atoms with van der Waals surface area (Å²) in [4.78, 5) is 51.5. The average Bonchev–Trinajstić information content (AvgIpc) is 3.09. The SMILES string of the molecule is O=CN1CCN([C@H](C(=O)O)c2c[nH]c3cc(NC(=O)/C=C/C(=O)O)ccc23)CC1. The zero-order valence-corrected chi connectivity index (χ0v) is 15.4. The van der Waals surface area contributed by atoms with E-state index in [-0.39, 0.29) is 0 Å². The molecule has 2 amide bonds. The molecule has 1 aromatic carbocycles. The number of aromatic nitrogens is 1. The van der Waals surface area contributed by atoms with Gasteiger partial charge in [0.15, 0.2) is 0 Å². The van der Waals surface area contributed by atoms with Gasteiger partial charge in [-0.3, -0.25) is 19.3 Å². The molecule has 0 aliphatic carbocycles. The summed E-state index contributed by atoms with van der Waals surface area (Å²) in [5, 5.41) is 21.6. The number of rotatable bonds is 7. The highest BCUT2D eigenvalue weighted by Gasteiger charge is 2.31. The van der Waals surface area contributed by atoms with Crippen molar-refractivity contribution in [1.82, 2.24) is 14.8 Å². The maximum absolute atomic E-state index is 12.0. The van der Waals surface area contributed by atoms with Crippen LogP contribution in [0.3, 0.4) is 0 Å². The van der Waals surface area contributed by atoms with Gasteiger partial charge in [0.1, 0.15) is 6.04 Å². The largest absolute Gasteiger partial charge is 0.480 e. The molecule has 1 aromatic heterocycles. The second-order valence-corrected chi connectivity index (χ2v) is 6.58. The number of carboxylic acids is 2. The molecule has 2 aromatic rings. The van der Waals surface area contributed by atoms with Crippen molar-refractivity contribution in [3.05, 3.63) is 42.1 Å². The van der Waals surface area contributed by atoms with Crippen LogP contribution in [0.25, 0.3) is 10.9 Å². The summed E-state index contributed by atoms with van der Waals surface area (Å²) < 4.78 is 0. The number of benzene rings is 1. The molecule has 1 aliphatic heterocycles. The van der Waals surface area contributed by atoms with Crippen LogP contribution in [0.15, 0.2) is 36.5 Å². The van der Waals surface area contributed by atoms with Gasteiger partial charge in [-0.2, -0.15) is 0 Å². The van der Waals surface area contributed by atoms with Gasteiger partial charge >= 0.3 is 11.9 Å². The van der Waals surface area contributed by atoms with Crippen molar-refractivity contribution in [2.75, 3.05) is 31.5 Å². The standard InChI is InChI=1S/C19H20N4O6/c24-11-22-5-7-23(8-6-22)18(19(28)29)14-10-20-15-9-12(1-2-13(14)15)21-16(25)3-4-17(26)27/h1-4,9-11,18,20H,5-8H2,(H,21,25)(H,26,27)(H,28,29)/b4-3+/t18-/m0/s1. The van der Waals surface area contributed by atoms with Crippen LogP contribution in [0.1, 0.15) is 11.6 Å². The molecular formula is C19H20N4O6. The molecule has 152 valence electrons. The van der Waals surface area contributed by atoms with Gasteiger partial charge in [0.05, 0.1) is 0 Å². The summed E-state index contributed by atoms with van der Waals surface area (Å²) in [5.74, 6) is -2.80. The van der Waals surface area contributed by atoms with E-state index in [4.69, 9.17) is 5.11 Å². The number of nitrogens with one attached hydrogen (secondary N) is 2. The Morgan fingerprint density at radius 2 is 1.83 bits per heavy atom. The number of aromatic amines is 1. The molecule has 0 spiro atoms. The van der Waals surface area contributed by atoms with Crippen LogP contribution in [-0.2, 0) is 19.2 Å². The summed E-state index contributed by atoms with van der Waals surface area (Å²) in [7, 11) is 0. The van der Waals surface area contributed by atoms with Crippen molar-refractivity contribution in [3.8, 4) is 0 Å². The van der Waals surface area contributed by atoms with E-state index in [1.165, 1.54) is 0 Å². The molecule has 10 nitrogen and oxygen atoms in total. The lowest BCUT2D eigenvalue weighted by atomic mass is 10.0. The Labute approximate surface area is 165 Å². The zero-order valence-electron chi connectivity index (χ0n) is 15.4. The number of aliphatic carboxylic acids is 2. The van der Waals surface area contributed by atoms with E-state index in [0.29, 0.717) is 48.3 Å². The maximum atomic E-state index is 12.0. The Balaban J connectivity index is 1.82. The molecule has 0 radical (unpaired) electrons. The van der Waals surface area contributed by atoms with E-state index in [2.05, 4.69) is 10.3 Å². The minimum atomic E-state index is -1.22. The molecule has 1 aliphatic rings. The molecule has 0 saturated carbocycles. The molecule has 4 N–H and O–H groups in total. The quantitative estimate of drug-likeness (QED) is 0.395. The van der Waals surface area contributed by atoms with Crippen molar-refractivity contribution < 1.29 is 29.4 Å². The lowest BCUT2D eigenvalue weighted by molar-refractivity contribution is -0.144. The lowest BCUT2D eigenvalue weighted by Gasteiger charge is -2.36. The number of anilines is 1. The Kier molecular flexibility index (Phi) is 5.93. The van der Waals surface area contributed by atoms with Gasteiger partial charge in [-0.05, 0) is 12.1 Å². The van der Waals surface area contributed by atoms with Crippen molar-refractivity contribution in [2.24, 2.45) is 0 Å². The third-order valence-corrected chi connectivity index (χ3v) is 4.75. The second kappa shape index (κ2) is 8.57. The number of piperazine rings is 1. The molecule has 3 rings (SSSR count). The topological polar surface area (TPSA) is 143 Å². The highest BCUT2D eigenvalue weighted by Crippen LogP contribution is 2.31. The second-order valence-electron chi connectivity index (χ2n) is 6.58. The lowest BCUT2D eigenvalue weighted by Crippen LogP contribution is -2.48. The smallest absolute Gasteiger partial charge is 0.328 e. The molecule has 2 heterocycles. The van der Waals surface area contributed by atoms with E-state index in [1.807, 2.05) is 4.90 Å². The zero-order chi connectivity index (χ0) is 21.0. The van der Waals surface area contributed by atoms with Crippen LogP contribution in [0, 0.1) is 0 Å². The summed E-state index contributed by atoms with van der Waals surface area (Å²) in [5.41, 5.74) is 1.67. The normalized spacial score (nSPS) is 16.1. The van der Waals surface area contributed by atoms with E-state index in [1.54, 1.807) is 29.3 Å². The minimum absolute atomic E-state index is 0.442. The van der Waals surface area contributed by atoms with Gasteiger partial charge in [-0.1, -0.05) is 6.07 Å². The predicted octanol–water partition coefficient (Wildman–Crippen LogP) is 0.647. The number of fused-ring (bicyclic) bond motifs is 1. The van der Waals surface area contributed by atoms with Crippen LogP contribution in [0.4, 0.5) is 5.69 Å². The number of carboxylic acid groups (broad SMARTS) is 2. The summed E-state index contributed by atoms with van der Waals surface area (Å²) in [6.45, 7) is 1.84. The Morgan fingerprint density at radius 1 is 1.10 bits per heavy atom. The molecule has 0 bridgehead atoms. The summed E-state index contributed by atoms with van der Waals surface area (Å²) in [6, 6.07) is 4.11. The number of hydrogen-bond acceptors (Lipinski definition) is 5. The van der Waals surface area contributed by atoms with Crippen molar-refractivity contribution in [3.63, 3.8) is 0 Å². The molecular weight excluding hydrogens is 380 g/mol. The number of amides is 2. The van der Waals surface area contributed by atoms with E-state index >= 15 is 0 Å². The van der Waals surface area contributed by atoms with Crippen LogP contribution >= 0.6 is 0 Å². The first-order chi connectivity index (χ1) is 13.9. The Hall–Kier alpha value is -3.66. The van der Waals surface area contributed by atoms with Crippen molar-refractivity contribution in [2.45, 2.75) is 6.04 Å². The number of H-pyrrole nitrogens is 1. The minimum Gasteiger partial charge on any atom is -0.480 e. The average molecular weight is 400 g/mol. The Bertz CT molecular complexity index is 974. The molecule has 29 heavy (non-hydrogen) atoms. The van der Waals surface area contributed by atoms with Gasteiger partial charge in [0, 0.05) is 66.7 Å². The molecule has 1 saturated heterocycles. The van der Waals surface area contributed by atoms with Crippen molar-refractivity contribution in [1.29, 1.82) is 0 Å². The van der Waals surface area contributed by atoms with Gasteiger partial charge < -0.3 is 25.4 Å². The summed E-state index contributed by atoms with van der Waals surface area (Å²) in [6.07, 6.45) is 4.04. The van der Waals surface area contributed by atoms with Crippen LogP contribution in [0.5, 0.6) is 0 Å². The molecule has 1 fully saturated rings. The first-order valence-electron chi connectivity index (χ1n) is 8.88. The number of nitrogens with zero attached hydrogens (tertiary/aromatic N) is 2. The first-order valence-corrected chi connectivity index (χ1v) is 8.88. The number of carbonyl (C=O) groups is 4. The fraction of sp³-hybridized carbons (Fsp3) is 0.263. The predicted molar refractivity (Wildman–Crippen MR) is 103 cm³/mol. The fourth-order valence-electron chi connectivity index (χ4n) is 3.37.